The first-order valence-corrected chi connectivity index (χ1v) is 8.23. The van der Waals surface area contributed by atoms with Gasteiger partial charge in [0.1, 0.15) is 6.61 Å². The van der Waals surface area contributed by atoms with Crippen LogP contribution in [0.5, 0.6) is 23.0 Å². The van der Waals surface area contributed by atoms with Crippen LogP contribution in [0.4, 0.5) is 0 Å². The molecule has 0 fully saturated rings. The Kier molecular flexibility index (Phi) is 5.64. The van der Waals surface area contributed by atoms with Crippen LogP contribution in [0.1, 0.15) is 15.9 Å². The fourth-order valence-electron chi connectivity index (χ4n) is 2.65. The van der Waals surface area contributed by atoms with Gasteiger partial charge in [-0.2, -0.15) is 5.10 Å². The molecular weight excluding hydrogens is 368 g/mol. The van der Waals surface area contributed by atoms with Crippen molar-refractivity contribution in [3.8, 4) is 23.0 Å². The standard InChI is InChI=1S/C19H18N2O7/c1-25-14-8-7-11(16(19(23)24)17(14)26-2)9-20-21-18(22)15-10-27-12-5-3-4-6-13(12)28-15/h3-9,15H,10H2,1-2H3,(H,21,22)(H,23,24)/p-1/b20-9-/t15-/m0/s1. The number of ether oxygens (including phenoxy) is 4. The molecule has 1 aliphatic heterocycles. The number of amides is 1. The van der Waals surface area contributed by atoms with Crippen molar-refractivity contribution in [1.29, 1.82) is 0 Å². The van der Waals surface area contributed by atoms with Gasteiger partial charge >= 0.3 is 0 Å². The first kappa shape index (κ1) is 19.0. The summed E-state index contributed by atoms with van der Waals surface area (Å²) in [6.45, 7) is 0.0268. The summed E-state index contributed by atoms with van der Waals surface area (Å²) in [5, 5.41) is 15.3. The average molecular weight is 385 g/mol. The van der Waals surface area contributed by atoms with E-state index in [-0.39, 0.29) is 29.2 Å². The lowest BCUT2D eigenvalue weighted by Gasteiger charge is -2.24. The van der Waals surface area contributed by atoms with Crippen LogP contribution in [0, 0.1) is 0 Å². The van der Waals surface area contributed by atoms with E-state index >= 15 is 0 Å². The number of carbonyl (C=O) groups is 2. The molecule has 2 aromatic rings. The third-order valence-electron chi connectivity index (χ3n) is 3.96. The van der Waals surface area contributed by atoms with Crippen molar-refractivity contribution in [3.05, 3.63) is 47.5 Å². The zero-order valence-electron chi connectivity index (χ0n) is 15.1. The molecule has 0 spiro atoms. The number of para-hydroxylation sites is 2. The van der Waals surface area contributed by atoms with E-state index in [0.717, 1.165) is 0 Å². The number of fused-ring (bicyclic) bond motifs is 1. The summed E-state index contributed by atoms with van der Waals surface area (Å²) in [4.78, 5) is 23.7. The lowest BCUT2D eigenvalue weighted by atomic mass is 10.1. The van der Waals surface area contributed by atoms with Crippen LogP contribution in [-0.2, 0) is 4.79 Å². The van der Waals surface area contributed by atoms with Crippen molar-refractivity contribution in [3.63, 3.8) is 0 Å². The topological polar surface area (TPSA) is 119 Å². The maximum Gasteiger partial charge on any atom is 0.284 e. The van der Waals surface area contributed by atoms with E-state index < -0.39 is 18.0 Å². The summed E-state index contributed by atoms with van der Waals surface area (Å²) in [5.74, 6) is -0.769. The Labute approximate surface area is 160 Å². The highest BCUT2D eigenvalue weighted by Crippen LogP contribution is 2.33. The lowest BCUT2D eigenvalue weighted by Crippen LogP contribution is -2.42. The maximum absolute atomic E-state index is 12.2. The SMILES string of the molecule is COc1ccc(/C=N\NC(=O)[C@@H]2COc3ccccc3O2)c(C(=O)[O-])c1OC. The number of hydrogen-bond donors (Lipinski definition) is 1. The fraction of sp³-hybridized carbons (Fsp3) is 0.211. The van der Waals surface area contributed by atoms with Crippen LogP contribution in [0.3, 0.4) is 0 Å². The van der Waals surface area contributed by atoms with Gasteiger partial charge in [0.25, 0.3) is 5.91 Å². The number of methoxy groups -OCH3 is 2. The minimum Gasteiger partial charge on any atom is -0.545 e. The molecular formula is C19H17N2O7-. The van der Waals surface area contributed by atoms with Crippen LogP contribution in [0.2, 0.25) is 0 Å². The Morgan fingerprint density at radius 1 is 1.18 bits per heavy atom. The number of benzene rings is 2. The first-order chi connectivity index (χ1) is 13.5. The summed E-state index contributed by atoms with van der Waals surface area (Å²) in [5.41, 5.74) is 2.23. The number of nitrogens with zero attached hydrogens (tertiary/aromatic N) is 1. The number of carboxylic acids is 1. The van der Waals surface area contributed by atoms with Crippen molar-refractivity contribution >= 4 is 18.1 Å². The van der Waals surface area contributed by atoms with E-state index in [0.29, 0.717) is 11.5 Å². The number of hydrazone groups is 1. The third kappa shape index (κ3) is 3.83. The van der Waals surface area contributed by atoms with E-state index in [1.54, 1.807) is 24.3 Å². The summed E-state index contributed by atoms with van der Waals surface area (Å²) >= 11 is 0. The summed E-state index contributed by atoms with van der Waals surface area (Å²) in [7, 11) is 2.69. The first-order valence-electron chi connectivity index (χ1n) is 8.23. The van der Waals surface area contributed by atoms with Crippen LogP contribution < -0.4 is 29.5 Å². The van der Waals surface area contributed by atoms with Gasteiger partial charge in [-0.05, 0) is 24.3 Å². The van der Waals surface area contributed by atoms with Gasteiger partial charge in [0, 0.05) is 5.56 Å². The predicted octanol–water partition coefficient (Wildman–Crippen LogP) is 0.357. The molecule has 9 nitrogen and oxygen atoms in total. The number of rotatable bonds is 6. The molecule has 0 aromatic heterocycles. The molecule has 146 valence electrons. The molecule has 2 aromatic carbocycles. The van der Waals surface area contributed by atoms with Gasteiger partial charge in [-0.25, -0.2) is 5.43 Å². The quantitative estimate of drug-likeness (QED) is 0.563. The van der Waals surface area contributed by atoms with E-state index in [9.17, 15) is 14.7 Å². The molecule has 1 atom stereocenters. The molecule has 3 rings (SSSR count). The van der Waals surface area contributed by atoms with E-state index in [4.69, 9.17) is 18.9 Å². The van der Waals surface area contributed by atoms with Crippen molar-refractivity contribution in [1.82, 2.24) is 5.43 Å². The largest absolute Gasteiger partial charge is 0.545 e. The Balaban J connectivity index is 1.73. The number of nitrogens with one attached hydrogen (secondary N) is 1. The van der Waals surface area contributed by atoms with Gasteiger partial charge in [0.15, 0.2) is 23.0 Å². The van der Waals surface area contributed by atoms with Crippen molar-refractivity contribution in [2.45, 2.75) is 6.10 Å². The normalized spacial score (nSPS) is 15.1. The minimum atomic E-state index is -1.47. The molecule has 0 radical (unpaired) electrons. The Morgan fingerprint density at radius 3 is 2.61 bits per heavy atom. The molecule has 0 saturated carbocycles. The van der Waals surface area contributed by atoms with E-state index in [2.05, 4.69) is 10.5 Å². The van der Waals surface area contributed by atoms with Crippen molar-refractivity contribution < 1.29 is 33.6 Å². The highest BCUT2D eigenvalue weighted by Gasteiger charge is 2.27. The molecule has 1 heterocycles. The Bertz CT molecular complexity index is 926. The summed E-state index contributed by atoms with van der Waals surface area (Å²) in [6, 6.07) is 9.96. The Hall–Kier alpha value is -3.75. The molecule has 0 saturated heterocycles. The van der Waals surface area contributed by atoms with Gasteiger partial charge in [0.2, 0.25) is 6.10 Å². The average Bonchev–Trinajstić information content (AvgIpc) is 2.72. The molecule has 28 heavy (non-hydrogen) atoms. The van der Waals surface area contributed by atoms with Gasteiger partial charge in [-0.15, -0.1) is 0 Å². The third-order valence-corrected chi connectivity index (χ3v) is 3.96. The van der Waals surface area contributed by atoms with Crippen LogP contribution >= 0.6 is 0 Å². The van der Waals surface area contributed by atoms with Crippen molar-refractivity contribution in [2.75, 3.05) is 20.8 Å². The molecule has 9 heteroatoms. The fourth-order valence-corrected chi connectivity index (χ4v) is 2.65. The van der Waals surface area contributed by atoms with Gasteiger partial charge < -0.3 is 28.8 Å². The monoisotopic (exact) mass is 385 g/mol. The molecule has 1 aliphatic rings. The second kappa shape index (κ2) is 8.30. The van der Waals surface area contributed by atoms with Crippen LogP contribution in [-0.4, -0.2) is 45.0 Å². The zero-order valence-corrected chi connectivity index (χ0v) is 15.1. The number of aromatic carboxylic acids is 1. The zero-order chi connectivity index (χ0) is 20.1. The molecule has 0 aliphatic carbocycles. The highest BCUT2D eigenvalue weighted by atomic mass is 16.6. The predicted molar refractivity (Wildman–Crippen MR) is 96.0 cm³/mol. The molecule has 0 bridgehead atoms. The number of hydrogen-bond acceptors (Lipinski definition) is 8. The number of carboxylic acid groups (broad SMARTS) is 1. The molecule has 0 unspecified atom stereocenters. The van der Waals surface area contributed by atoms with E-state index in [1.807, 2.05) is 0 Å². The van der Waals surface area contributed by atoms with E-state index in [1.165, 1.54) is 32.6 Å². The lowest BCUT2D eigenvalue weighted by molar-refractivity contribution is -0.255. The summed E-state index contributed by atoms with van der Waals surface area (Å²) in [6.07, 6.45) is 0.279. The Morgan fingerprint density at radius 2 is 1.93 bits per heavy atom. The molecule has 1 N–H and O–H groups in total. The number of carbonyl (C=O) groups excluding carboxylic acids is 2. The van der Waals surface area contributed by atoms with Gasteiger partial charge in [-0.3, -0.25) is 4.79 Å². The maximum atomic E-state index is 12.2. The van der Waals surface area contributed by atoms with Crippen molar-refractivity contribution in [2.24, 2.45) is 5.10 Å². The highest BCUT2D eigenvalue weighted by molar-refractivity contribution is 6.01. The second-order valence-electron chi connectivity index (χ2n) is 5.65. The molecule has 1 amide bonds. The minimum absolute atomic E-state index is 0.00148. The second-order valence-corrected chi connectivity index (χ2v) is 5.65. The smallest absolute Gasteiger partial charge is 0.284 e. The van der Waals surface area contributed by atoms with Crippen LogP contribution in [0.25, 0.3) is 0 Å². The van der Waals surface area contributed by atoms with Gasteiger partial charge in [-0.1, -0.05) is 12.1 Å². The van der Waals surface area contributed by atoms with Gasteiger partial charge in [0.05, 0.1) is 32.0 Å². The summed E-state index contributed by atoms with van der Waals surface area (Å²) < 4.78 is 21.2. The van der Waals surface area contributed by atoms with Crippen LogP contribution in [0.15, 0.2) is 41.5 Å².